The van der Waals surface area contributed by atoms with Gasteiger partial charge in [0, 0.05) is 11.8 Å². The van der Waals surface area contributed by atoms with Crippen LogP contribution in [0.1, 0.15) is 59.6 Å². The van der Waals surface area contributed by atoms with Crippen LogP contribution in [0, 0.1) is 0 Å². The highest BCUT2D eigenvalue weighted by molar-refractivity contribution is 6.03. The quantitative estimate of drug-likeness (QED) is 0.897. The minimum atomic E-state index is -0.268. The number of anilines is 1. The fourth-order valence-electron chi connectivity index (χ4n) is 2.94. The second-order valence-corrected chi connectivity index (χ2v) is 6.15. The number of carbonyl (C=O) groups excluding carboxylic acids is 1. The molecule has 2 aromatic heterocycles. The highest BCUT2D eigenvalue weighted by Crippen LogP contribution is 2.37. The van der Waals surface area contributed by atoms with Crippen LogP contribution in [0.3, 0.4) is 0 Å². The minimum Gasteiger partial charge on any atom is -0.447 e. The van der Waals surface area contributed by atoms with Gasteiger partial charge < -0.3 is 15.1 Å². The normalized spacial score (nSPS) is 18.8. The fourth-order valence-corrected chi connectivity index (χ4v) is 2.94. The zero-order chi connectivity index (χ0) is 15.6. The van der Waals surface area contributed by atoms with E-state index in [1.54, 1.807) is 12.4 Å². The first kappa shape index (κ1) is 14.3. The maximum absolute atomic E-state index is 12.5. The molecule has 3 heterocycles. The summed E-state index contributed by atoms with van der Waals surface area (Å²) in [5.74, 6) is 2.02. The van der Waals surface area contributed by atoms with Gasteiger partial charge in [0.25, 0.3) is 5.91 Å². The molecule has 1 aliphatic heterocycles. The second-order valence-electron chi connectivity index (χ2n) is 6.15. The van der Waals surface area contributed by atoms with Crippen molar-refractivity contribution < 1.29 is 9.21 Å². The third-order valence-corrected chi connectivity index (χ3v) is 4.39. The van der Waals surface area contributed by atoms with Gasteiger partial charge in [-0.15, -0.1) is 0 Å². The van der Waals surface area contributed by atoms with Crippen molar-refractivity contribution in [1.82, 2.24) is 20.3 Å². The van der Waals surface area contributed by atoms with Gasteiger partial charge in [0.1, 0.15) is 11.6 Å². The largest absolute Gasteiger partial charge is 0.447 e. The minimum absolute atomic E-state index is 0.244. The van der Waals surface area contributed by atoms with Crippen LogP contribution in [-0.4, -0.2) is 33.9 Å². The Morgan fingerprint density at radius 2 is 1.83 bits per heavy atom. The van der Waals surface area contributed by atoms with E-state index in [1.165, 1.54) is 6.39 Å². The van der Waals surface area contributed by atoms with E-state index in [0.717, 1.165) is 44.6 Å². The average molecular weight is 313 g/mol. The summed E-state index contributed by atoms with van der Waals surface area (Å²) in [7, 11) is 0. The van der Waals surface area contributed by atoms with Gasteiger partial charge >= 0.3 is 0 Å². The number of aromatic nitrogens is 3. The molecule has 0 radical (unpaired) electrons. The lowest BCUT2D eigenvalue weighted by Crippen LogP contribution is -2.27. The molecule has 1 amide bonds. The summed E-state index contributed by atoms with van der Waals surface area (Å²) in [5, 5.41) is 6.11. The Hall–Kier alpha value is -2.28. The molecule has 0 spiro atoms. The highest BCUT2D eigenvalue weighted by atomic mass is 16.3. The van der Waals surface area contributed by atoms with Crippen LogP contribution in [-0.2, 0) is 0 Å². The molecule has 4 rings (SSSR count). The average Bonchev–Trinajstić information content (AvgIpc) is 3.32. The second kappa shape index (κ2) is 6.08. The zero-order valence-corrected chi connectivity index (χ0v) is 12.8. The maximum atomic E-state index is 12.5. The summed E-state index contributed by atoms with van der Waals surface area (Å²) in [4.78, 5) is 25.2. The smallest absolute Gasteiger partial charge is 0.278 e. The zero-order valence-electron chi connectivity index (χ0n) is 12.8. The standard InChI is InChI=1S/C16H19N5O2/c22-16(21-12-7-18-15(19-8-12)11-1-2-11)13-14(23-9-20-13)10-3-5-17-6-4-10/h7-11,17H,1-6H2,(H,21,22). The van der Waals surface area contributed by atoms with E-state index >= 15 is 0 Å². The molecule has 2 fully saturated rings. The molecule has 23 heavy (non-hydrogen) atoms. The summed E-state index contributed by atoms with van der Waals surface area (Å²) < 4.78 is 5.49. The Balaban J connectivity index is 1.47. The fraction of sp³-hybridized carbons (Fsp3) is 0.500. The summed E-state index contributed by atoms with van der Waals surface area (Å²) in [6.45, 7) is 1.87. The molecule has 7 nitrogen and oxygen atoms in total. The molecule has 0 atom stereocenters. The van der Waals surface area contributed by atoms with E-state index in [0.29, 0.717) is 23.1 Å². The SMILES string of the molecule is O=C(Nc1cnc(C2CC2)nc1)c1ncoc1C1CCNCC1. The van der Waals surface area contributed by atoms with Gasteiger partial charge in [-0.3, -0.25) is 4.79 Å². The van der Waals surface area contributed by atoms with Crippen molar-refractivity contribution in [3.63, 3.8) is 0 Å². The first-order valence-corrected chi connectivity index (χ1v) is 8.08. The number of nitrogens with zero attached hydrogens (tertiary/aromatic N) is 3. The van der Waals surface area contributed by atoms with Crippen molar-refractivity contribution in [2.24, 2.45) is 0 Å². The Morgan fingerprint density at radius 3 is 2.52 bits per heavy atom. The summed E-state index contributed by atoms with van der Waals surface area (Å²) >= 11 is 0. The van der Waals surface area contributed by atoms with Gasteiger partial charge in [0.15, 0.2) is 12.1 Å². The van der Waals surface area contributed by atoms with Crippen molar-refractivity contribution in [2.45, 2.75) is 37.5 Å². The van der Waals surface area contributed by atoms with Gasteiger partial charge in [-0.25, -0.2) is 15.0 Å². The molecule has 2 aromatic rings. The maximum Gasteiger partial charge on any atom is 0.278 e. The van der Waals surface area contributed by atoms with E-state index in [9.17, 15) is 4.79 Å². The molecule has 120 valence electrons. The van der Waals surface area contributed by atoms with Crippen LogP contribution >= 0.6 is 0 Å². The predicted molar refractivity (Wildman–Crippen MR) is 83.3 cm³/mol. The van der Waals surface area contributed by atoms with Crippen LogP contribution in [0.15, 0.2) is 23.2 Å². The number of carbonyl (C=O) groups is 1. The molecule has 2 aliphatic rings. The van der Waals surface area contributed by atoms with Crippen LogP contribution in [0.5, 0.6) is 0 Å². The van der Waals surface area contributed by atoms with E-state index in [1.807, 2.05) is 0 Å². The topological polar surface area (TPSA) is 92.9 Å². The molecular formula is C16H19N5O2. The number of nitrogens with one attached hydrogen (secondary N) is 2. The lowest BCUT2D eigenvalue weighted by atomic mass is 9.94. The van der Waals surface area contributed by atoms with Crippen LogP contribution < -0.4 is 10.6 Å². The first-order valence-electron chi connectivity index (χ1n) is 8.08. The Morgan fingerprint density at radius 1 is 1.09 bits per heavy atom. The number of amides is 1. The molecule has 2 N–H and O–H groups in total. The van der Waals surface area contributed by atoms with Gasteiger partial charge in [-0.2, -0.15) is 0 Å². The first-order chi connectivity index (χ1) is 11.3. The van der Waals surface area contributed by atoms with Gasteiger partial charge in [0.05, 0.1) is 18.1 Å². The summed E-state index contributed by atoms with van der Waals surface area (Å²) in [6, 6.07) is 0. The van der Waals surface area contributed by atoms with Gasteiger partial charge in [-0.1, -0.05) is 0 Å². The Bertz CT molecular complexity index is 687. The van der Waals surface area contributed by atoms with Crippen molar-refractivity contribution in [3.05, 3.63) is 36.1 Å². The molecule has 7 heteroatoms. The lowest BCUT2D eigenvalue weighted by molar-refractivity contribution is 0.102. The number of hydrogen-bond acceptors (Lipinski definition) is 6. The monoisotopic (exact) mass is 313 g/mol. The number of piperidine rings is 1. The van der Waals surface area contributed by atoms with Gasteiger partial charge in [0.2, 0.25) is 0 Å². The molecule has 0 aromatic carbocycles. The van der Waals surface area contributed by atoms with Crippen LogP contribution in [0.2, 0.25) is 0 Å². The molecule has 0 unspecified atom stereocenters. The van der Waals surface area contributed by atoms with Crippen molar-refractivity contribution >= 4 is 11.6 Å². The molecule has 1 aliphatic carbocycles. The third-order valence-electron chi connectivity index (χ3n) is 4.39. The van der Waals surface area contributed by atoms with Crippen molar-refractivity contribution in [3.8, 4) is 0 Å². The Labute approximate surface area is 133 Å². The van der Waals surface area contributed by atoms with Crippen molar-refractivity contribution in [2.75, 3.05) is 18.4 Å². The Kier molecular flexibility index (Phi) is 3.78. The number of hydrogen-bond donors (Lipinski definition) is 2. The van der Waals surface area contributed by atoms with E-state index < -0.39 is 0 Å². The van der Waals surface area contributed by atoms with Crippen molar-refractivity contribution in [1.29, 1.82) is 0 Å². The van der Waals surface area contributed by atoms with E-state index in [2.05, 4.69) is 25.6 Å². The summed E-state index contributed by atoms with van der Waals surface area (Å²) in [6.07, 6.45) is 8.88. The van der Waals surface area contributed by atoms with Crippen LogP contribution in [0.25, 0.3) is 0 Å². The lowest BCUT2D eigenvalue weighted by Gasteiger charge is -2.20. The van der Waals surface area contributed by atoms with E-state index in [-0.39, 0.29) is 11.8 Å². The summed E-state index contributed by atoms with van der Waals surface area (Å²) in [5.41, 5.74) is 0.946. The molecule has 0 bridgehead atoms. The number of rotatable bonds is 4. The predicted octanol–water partition coefficient (Wildman–Crippen LogP) is 2.06. The third kappa shape index (κ3) is 3.10. The number of oxazole rings is 1. The molecular weight excluding hydrogens is 294 g/mol. The molecule has 1 saturated heterocycles. The molecule has 1 saturated carbocycles. The van der Waals surface area contributed by atoms with Crippen LogP contribution in [0.4, 0.5) is 5.69 Å². The highest BCUT2D eigenvalue weighted by Gasteiger charge is 2.27. The van der Waals surface area contributed by atoms with E-state index in [4.69, 9.17) is 4.42 Å². The van der Waals surface area contributed by atoms with Gasteiger partial charge in [-0.05, 0) is 38.8 Å².